The van der Waals surface area contributed by atoms with Crippen LogP contribution in [-0.2, 0) is 28.1 Å². The topological polar surface area (TPSA) is 75.1 Å². The Morgan fingerprint density at radius 2 is 2.11 bits per heavy atom. The van der Waals surface area contributed by atoms with Gasteiger partial charge < -0.3 is 5.32 Å². The van der Waals surface area contributed by atoms with Gasteiger partial charge in [-0.2, -0.15) is 15.9 Å². The van der Waals surface area contributed by atoms with Crippen molar-refractivity contribution < 1.29 is 8.76 Å². The third-order valence-electron chi connectivity index (χ3n) is 4.68. The van der Waals surface area contributed by atoms with Gasteiger partial charge in [0, 0.05) is 38.8 Å². The lowest BCUT2D eigenvalue weighted by atomic mass is 9.96. The third kappa shape index (κ3) is 3.29. The van der Waals surface area contributed by atoms with Gasteiger partial charge >= 0.3 is 0 Å². The molecular weight excluding hydrogens is 410 g/mol. The number of thiophene rings is 2. The van der Waals surface area contributed by atoms with Crippen LogP contribution in [0.5, 0.6) is 0 Å². The van der Waals surface area contributed by atoms with Crippen LogP contribution in [0.2, 0.25) is 0 Å². The molecule has 1 aliphatic rings. The van der Waals surface area contributed by atoms with Crippen molar-refractivity contribution in [2.75, 3.05) is 5.32 Å². The molecule has 28 heavy (non-hydrogen) atoms. The molecule has 0 fully saturated rings. The number of hydrogen-bond donors (Lipinski definition) is 2. The van der Waals surface area contributed by atoms with E-state index in [1.54, 1.807) is 29.5 Å². The van der Waals surface area contributed by atoms with E-state index in [2.05, 4.69) is 33.2 Å². The van der Waals surface area contributed by atoms with Gasteiger partial charge in [0.2, 0.25) is 17.0 Å². The molecule has 3 aromatic heterocycles. The summed E-state index contributed by atoms with van der Waals surface area (Å²) in [6, 6.07) is 11.2. The summed E-state index contributed by atoms with van der Waals surface area (Å²) in [7, 11) is 0. The zero-order chi connectivity index (χ0) is 19.1. The maximum Gasteiger partial charge on any atom is 0.235 e. The van der Waals surface area contributed by atoms with Gasteiger partial charge in [0.15, 0.2) is 4.90 Å². The number of nitrogens with one attached hydrogen (secondary N) is 1. The van der Waals surface area contributed by atoms with E-state index in [0.29, 0.717) is 16.5 Å². The van der Waals surface area contributed by atoms with E-state index in [9.17, 15) is 8.76 Å². The van der Waals surface area contributed by atoms with Crippen LogP contribution in [0.15, 0.2) is 58.3 Å². The van der Waals surface area contributed by atoms with Crippen molar-refractivity contribution in [2.24, 2.45) is 0 Å². The lowest BCUT2D eigenvalue weighted by Gasteiger charge is -2.16. The molecule has 1 aromatic carbocycles. The van der Waals surface area contributed by atoms with Crippen LogP contribution < -0.4 is 5.32 Å². The molecule has 4 aromatic rings. The van der Waals surface area contributed by atoms with Crippen LogP contribution in [0.4, 0.5) is 11.6 Å². The molecule has 5 rings (SSSR count). The van der Waals surface area contributed by atoms with E-state index >= 15 is 0 Å². The van der Waals surface area contributed by atoms with Crippen molar-refractivity contribution in [3.05, 3.63) is 63.8 Å². The van der Waals surface area contributed by atoms with Gasteiger partial charge in [-0.3, -0.25) is 0 Å². The fourth-order valence-electron chi connectivity index (χ4n) is 3.32. The maximum absolute atomic E-state index is 11.3. The van der Waals surface area contributed by atoms with E-state index in [1.807, 2.05) is 23.6 Å². The number of nitrogens with zero attached hydrogens (tertiary/aromatic N) is 2. The number of fused-ring (bicyclic) bond motifs is 3. The van der Waals surface area contributed by atoms with Crippen LogP contribution in [0.25, 0.3) is 21.7 Å². The third-order valence-corrected chi connectivity index (χ3v) is 7.33. The highest BCUT2D eigenvalue weighted by Gasteiger charge is 2.22. The van der Waals surface area contributed by atoms with Gasteiger partial charge in [0.25, 0.3) is 0 Å². The Morgan fingerprint density at radius 3 is 2.93 bits per heavy atom. The highest BCUT2D eigenvalue weighted by atomic mass is 32.2. The maximum atomic E-state index is 11.3. The molecule has 0 radical (unpaired) electrons. The Labute approximate surface area is 172 Å². The number of thiol groups is 1. The van der Waals surface area contributed by atoms with Crippen molar-refractivity contribution in [1.29, 1.82) is 0 Å². The summed E-state index contributed by atoms with van der Waals surface area (Å²) in [6.07, 6.45) is 3.83. The first-order valence-electron chi connectivity index (χ1n) is 8.72. The SMILES string of the molecule is O=[SH+](O)c1cccc(Nc2ncc3c(n2)-c2cc(-c4ccsc4)sc2CC3)c1. The second kappa shape index (κ2) is 7.21. The molecule has 8 heteroatoms. The first kappa shape index (κ1) is 17.7. The molecule has 140 valence electrons. The summed E-state index contributed by atoms with van der Waals surface area (Å²) >= 11 is 1.17. The standard InChI is InChI=1S/C20H15N3O2S3/c24-28(25)15-3-1-2-14(8-15)22-20-21-10-12-4-5-17-16(19(12)23-20)9-18(27-17)13-6-7-26-11-13/h1-3,6-11H,4-5H2,(H,24,25)(H,21,22,23)/p+1. The molecule has 1 atom stereocenters. The average molecular weight is 427 g/mol. The van der Waals surface area contributed by atoms with Gasteiger partial charge in [-0.05, 0) is 53.4 Å². The van der Waals surface area contributed by atoms with Crippen molar-refractivity contribution in [3.63, 3.8) is 0 Å². The normalized spacial score (nSPS) is 13.6. The van der Waals surface area contributed by atoms with Gasteiger partial charge in [-0.1, -0.05) is 10.3 Å². The van der Waals surface area contributed by atoms with Gasteiger partial charge in [-0.15, -0.1) is 11.3 Å². The van der Waals surface area contributed by atoms with Crippen LogP contribution >= 0.6 is 22.7 Å². The monoisotopic (exact) mass is 426 g/mol. The lowest BCUT2D eigenvalue weighted by Crippen LogP contribution is -2.07. The summed E-state index contributed by atoms with van der Waals surface area (Å²) in [5.41, 5.74) is 5.26. The molecule has 1 unspecified atom stereocenters. The minimum atomic E-state index is -2.37. The Kier molecular flexibility index (Phi) is 4.56. The predicted octanol–water partition coefficient (Wildman–Crippen LogP) is 5.30. The molecule has 3 heterocycles. The molecular formula is C20H16N3O2S3+. The number of benzene rings is 1. The molecule has 0 saturated heterocycles. The van der Waals surface area contributed by atoms with E-state index in [1.165, 1.54) is 20.9 Å². The van der Waals surface area contributed by atoms with Crippen molar-refractivity contribution >= 4 is 45.4 Å². The Morgan fingerprint density at radius 1 is 1.18 bits per heavy atom. The summed E-state index contributed by atoms with van der Waals surface area (Å²) in [4.78, 5) is 12.2. The highest BCUT2D eigenvalue weighted by molar-refractivity contribution is 7.79. The number of rotatable bonds is 4. The number of aryl methyl sites for hydroxylation is 2. The molecule has 0 spiro atoms. The van der Waals surface area contributed by atoms with E-state index < -0.39 is 11.1 Å². The van der Waals surface area contributed by atoms with E-state index in [-0.39, 0.29) is 0 Å². The predicted molar refractivity (Wildman–Crippen MR) is 116 cm³/mol. The van der Waals surface area contributed by atoms with Crippen LogP contribution in [0.1, 0.15) is 10.4 Å². The quantitative estimate of drug-likeness (QED) is 0.342. The Bertz CT molecular complexity index is 1190. The molecule has 2 N–H and O–H groups in total. The van der Waals surface area contributed by atoms with Crippen LogP contribution in [0.3, 0.4) is 0 Å². The van der Waals surface area contributed by atoms with Crippen molar-refractivity contribution in [3.8, 4) is 21.7 Å². The smallest absolute Gasteiger partial charge is 0.235 e. The first-order chi connectivity index (χ1) is 13.7. The van der Waals surface area contributed by atoms with Gasteiger partial charge in [0.05, 0.1) is 5.69 Å². The van der Waals surface area contributed by atoms with Gasteiger partial charge in [-0.25, -0.2) is 9.97 Å². The Balaban J connectivity index is 1.50. The summed E-state index contributed by atoms with van der Waals surface area (Å²) in [5.74, 6) is 0.486. The zero-order valence-electron chi connectivity index (χ0n) is 14.6. The van der Waals surface area contributed by atoms with Crippen LogP contribution in [-0.4, -0.2) is 14.5 Å². The first-order valence-corrected chi connectivity index (χ1v) is 11.7. The highest BCUT2D eigenvalue weighted by Crippen LogP contribution is 2.42. The number of aromatic nitrogens is 2. The lowest BCUT2D eigenvalue weighted by molar-refractivity contribution is 0.519. The van der Waals surface area contributed by atoms with Crippen LogP contribution in [0, 0.1) is 0 Å². The Hall–Kier alpha value is -2.39. The van der Waals surface area contributed by atoms with Crippen molar-refractivity contribution in [1.82, 2.24) is 9.97 Å². The minimum absolute atomic E-state index is 0.374. The van der Waals surface area contributed by atoms with E-state index in [0.717, 1.165) is 24.1 Å². The largest absolute Gasteiger partial charge is 0.324 e. The molecule has 5 nitrogen and oxygen atoms in total. The second-order valence-corrected chi connectivity index (χ2v) is 9.45. The zero-order valence-corrected chi connectivity index (χ0v) is 17.2. The number of hydrogen-bond acceptors (Lipinski definition) is 6. The summed E-state index contributed by atoms with van der Waals surface area (Å²) in [6.45, 7) is 0. The summed E-state index contributed by atoms with van der Waals surface area (Å²) in [5, 5.41) is 7.43. The van der Waals surface area contributed by atoms with E-state index in [4.69, 9.17) is 4.98 Å². The molecule has 1 aliphatic carbocycles. The average Bonchev–Trinajstić information content (AvgIpc) is 3.37. The minimum Gasteiger partial charge on any atom is -0.324 e. The fraction of sp³-hybridized carbons (Fsp3) is 0.100. The summed E-state index contributed by atoms with van der Waals surface area (Å²) < 4.78 is 20.6. The van der Waals surface area contributed by atoms with Crippen molar-refractivity contribution in [2.45, 2.75) is 17.7 Å². The number of anilines is 2. The molecule has 0 amide bonds. The molecule has 0 saturated carbocycles. The molecule has 0 aliphatic heterocycles. The second-order valence-electron chi connectivity index (χ2n) is 6.48. The fourth-order valence-corrected chi connectivity index (χ4v) is 5.68. The van der Waals surface area contributed by atoms with Gasteiger partial charge in [0.1, 0.15) is 0 Å². The molecule has 0 bridgehead atoms.